The van der Waals surface area contributed by atoms with Gasteiger partial charge in [0.2, 0.25) is 11.8 Å². The summed E-state index contributed by atoms with van der Waals surface area (Å²) in [5.74, 6) is -0.770. The summed E-state index contributed by atoms with van der Waals surface area (Å²) >= 11 is 0. The Morgan fingerprint density at radius 2 is 2.08 bits per heavy atom. The average molecular weight is 356 g/mol. The number of piperidine rings is 1. The van der Waals surface area contributed by atoms with E-state index in [1.165, 1.54) is 6.42 Å². The number of imide groups is 1. The molecule has 138 valence electrons. The molecule has 26 heavy (non-hydrogen) atoms. The zero-order valence-electron chi connectivity index (χ0n) is 14.7. The summed E-state index contributed by atoms with van der Waals surface area (Å²) in [4.78, 5) is 38.2. The van der Waals surface area contributed by atoms with Crippen molar-refractivity contribution in [3.8, 4) is 0 Å². The minimum absolute atomic E-state index is 0.00627. The molecule has 2 fully saturated rings. The molecule has 3 amide bonds. The van der Waals surface area contributed by atoms with Crippen molar-refractivity contribution in [2.24, 2.45) is 5.73 Å². The number of carbonyl (C=O) groups is 3. The van der Waals surface area contributed by atoms with Crippen molar-refractivity contribution in [1.82, 2.24) is 15.5 Å². The van der Waals surface area contributed by atoms with Crippen molar-refractivity contribution in [1.29, 1.82) is 0 Å². The molecule has 0 spiro atoms. The van der Waals surface area contributed by atoms with Gasteiger partial charge in [-0.25, -0.2) is 0 Å². The van der Waals surface area contributed by atoms with E-state index in [0.717, 1.165) is 24.0 Å². The van der Waals surface area contributed by atoms with E-state index in [0.29, 0.717) is 31.6 Å². The van der Waals surface area contributed by atoms with Crippen molar-refractivity contribution >= 4 is 17.7 Å². The van der Waals surface area contributed by atoms with Gasteiger partial charge in [-0.2, -0.15) is 0 Å². The summed E-state index contributed by atoms with van der Waals surface area (Å²) in [6.45, 7) is 1.60. The standard InChI is InChI=1S/C19H24N4O3/c20-11-19(7-2-8-19)21-9-12-3-1-4-13-10-23(18(26)16(12)13)14-5-6-15(24)22-17(14)25/h1,3-4,14,21H,2,5-11,20H2,(H,22,24,25). The van der Waals surface area contributed by atoms with Gasteiger partial charge in [0.15, 0.2) is 0 Å². The van der Waals surface area contributed by atoms with Gasteiger partial charge in [0.1, 0.15) is 6.04 Å². The number of benzene rings is 1. The van der Waals surface area contributed by atoms with Crippen LogP contribution in [0.15, 0.2) is 18.2 Å². The Hall–Kier alpha value is -2.25. The summed E-state index contributed by atoms with van der Waals surface area (Å²) in [5.41, 5.74) is 8.48. The third-order valence-electron chi connectivity index (χ3n) is 5.99. The van der Waals surface area contributed by atoms with E-state index >= 15 is 0 Å². The molecule has 2 aliphatic heterocycles. The van der Waals surface area contributed by atoms with Crippen LogP contribution in [0.25, 0.3) is 0 Å². The quantitative estimate of drug-likeness (QED) is 0.663. The van der Waals surface area contributed by atoms with Crippen LogP contribution in [0, 0.1) is 0 Å². The minimum Gasteiger partial charge on any atom is -0.329 e. The lowest BCUT2D eigenvalue weighted by Gasteiger charge is -2.42. The van der Waals surface area contributed by atoms with Crippen LogP contribution in [0.5, 0.6) is 0 Å². The van der Waals surface area contributed by atoms with Gasteiger partial charge in [0, 0.05) is 37.2 Å². The Balaban J connectivity index is 1.53. The first kappa shape index (κ1) is 17.2. The number of nitrogens with two attached hydrogens (primary N) is 1. The van der Waals surface area contributed by atoms with Crippen LogP contribution in [0.2, 0.25) is 0 Å². The zero-order valence-corrected chi connectivity index (χ0v) is 14.7. The molecule has 3 aliphatic rings. The molecule has 1 atom stereocenters. The molecule has 1 unspecified atom stereocenters. The third kappa shape index (κ3) is 2.81. The first-order chi connectivity index (χ1) is 12.5. The predicted octanol–water partition coefficient (Wildman–Crippen LogP) is 0.419. The fraction of sp³-hybridized carbons (Fsp3) is 0.526. The highest BCUT2D eigenvalue weighted by Gasteiger charge is 2.40. The van der Waals surface area contributed by atoms with Crippen molar-refractivity contribution in [2.45, 2.75) is 56.8 Å². The normalized spacial score (nSPS) is 24.3. The molecule has 1 saturated heterocycles. The number of nitrogens with zero attached hydrogens (tertiary/aromatic N) is 1. The molecule has 4 N–H and O–H groups in total. The van der Waals surface area contributed by atoms with Gasteiger partial charge in [-0.1, -0.05) is 18.2 Å². The Morgan fingerprint density at radius 1 is 1.27 bits per heavy atom. The lowest BCUT2D eigenvalue weighted by Crippen LogP contribution is -2.55. The SMILES string of the molecule is NCC1(NCc2cccc3c2C(=O)N(C2CCC(=O)NC2=O)C3)CCC1. The van der Waals surface area contributed by atoms with Gasteiger partial charge in [-0.3, -0.25) is 19.7 Å². The lowest BCUT2D eigenvalue weighted by atomic mass is 9.76. The van der Waals surface area contributed by atoms with E-state index in [-0.39, 0.29) is 29.7 Å². The molecule has 1 aliphatic carbocycles. The van der Waals surface area contributed by atoms with Crippen LogP contribution in [0.1, 0.15) is 53.6 Å². The van der Waals surface area contributed by atoms with Gasteiger partial charge in [-0.15, -0.1) is 0 Å². The topological polar surface area (TPSA) is 105 Å². The molecule has 1 saturated carbocycles. The first-order valence-corrected chi connectivity index (χ1v) is 9.23. The summed E-state index contributed by atoms with van der Waals surface area (Å²) in [7, 11) is 0. The van der Waals surface area contributed by atoms with Crippen LogP contribution in [-0.4, -0.2) is 40.7 Å². The molecule has 0 radical (unpaired) electrons. The van der Waals surface area contributed by atoms with Crippen molar-refractivity contribution in [3.05, 3.63) is 34.9 Å². The van der Waals surface area contributed by atoms with Crippen molar-refractivity contribution < 1.29 is 14.4 Å². The molecule has 0 bridgehead atoms. The van der Waals surface area contributed by atoms with Gasteiger partial charge in [0.25, 0.3) is 5.91 Å². The minimum atomic E-state index is -0.574. The Labute approximate surface area is 152 Å². The van der Waals surface area contributed by atoms with Crippen LogP contribution in [0.4, 0.5) is 0 Å². The molecule has 4 rings (SSSR count). The first-order valence-electron chi connectivity index (χ1n) is 9.23. The van der Waals surface area contributed by atoms with E-state index in [2.05, 4.69) is 10.6 Å². The number of carbonyl (C=O) groups excluding carboxylic acids is 3. The van der Waals surface area contributed by atoms with Crippen molar-refractivity contribution in [2.75, 3.05) is 6.54 Å². The van der Waals surface area contributed by atoms with Crippen LogP contribution in [-0.2, 0) is 22.7 Å². The lowest BCUT2D eigenvalue weighted by molar-refractivity contribution is -0.136. The maximum atomic E-state index is 13.0. The molecule has 0 aromatic heterocycles. The molecule has 7 nitrogen and oxygen atoms in total. The van der Waals surface area contributed by atoms with E-state index in [9.17, 15) is 14.4 Å². The Morgan fingerprint density at radius 3 is 2.73 bits per heavy atom. The van der Waals surface area contributed by atoms with Crippen LogP contribution < -0.4 is 16.4 Å². The molecular formula is C19H24N4O3. The number of hydrogen-bond donors (Lipinski definition) is 3. The second-order valence-electron chi connectivity index (χ2n) is 7.54. The summed E-state index contributed by atoms with van der Waals surface area (Å²) in [6, 6.07) is 5.27. The predicted molar refractivity (Wildman–Crippen MR) is 95.0 cm³/mol. The number of rotatable bonds is 5. The van der Waals surface area contributed by atoms with Crippen LogP contribution >= 0.6 is 0 Å². The summed E-state index contributed by atoms with van der Waals surface area (Å²) in [6.07, 6.45) is 3.96. The molecule has 7 heteroatoms. The number of amides is 3. The molecule has 1 aromatic rings. The summed E-state index contributed by atoms with van der Waals surface area (Å²) < 4.78 is 0. The number of hydrogen-bond acceptors (Lipinski definition) is 5. The fourth-order valence-corrected chi connectivity index (χ4v) is 4.18. The van der Waals surface area contributed by atoms with E-state index in [1.807, 2.05) is 18.2 Å². The highest BCUT2D eigenvalue weighted by Crippen LogP contribution is 2.33. The van der Waals surface area contributed by atoms with Gasteiger partial charge < -0.3 is 16.0 Å². The van der Waals surface area contributed by atoms with Crippen molar-refractivity contribution in [3.63, 3.8) is 0 Å². The van der Waals surface area contributed by atoms with E-state index < -0.39 is 6.04 Å². The molecule has 2 heterocycles. The Bertz CT molecular complexity index is 767. The number of fused-ring (bicyclic) bond motifs is 1. The fourth-order valence-electron chi connectivity index (χ4n) is 4.18. The second kappa shape index (κ2) is 6.48. The maximum absolute atomic E-state index is 13.0. The third-order valence-corrected chi connectivity index (χ3v) is 5.99. The van der Waals surface area contributed by atoms with Crippen LogP contribution in [0.3, 0.4) is 0 Å². The highest BCUT2D eigenvalue weighted by molar-refractivity contribution is 6.05. The maximum Gasteiger partial charge on any atom is 0.255 e. The summed E-state index contributed by atoms with van der Waals surface area (Å²) in [5, 5.41) is 5.88. The largest absolute Gasteiger partial charge is 0.329 e. The Kier molecular flexibility index (Phi) is 4.28. The molecule has 1 aromatic carbocycles. The van der Waals surface area contributed by atoms with E-state index in [4.69, 9.17) is 5.73 Å². The monoisotopic (exact) mass is 356 g/mol. The van der Waals surface area contributed by atoms with Gasteiger partial charge in [0.05, 0.1) is 0 Å². The van der Waals surface area contributed by atoms with E-state index in [1.54, 1.807) is 4.90 Å². The number of nitrogens with one attached hydrogen (secondary N) is 2. The second-order valence-corrected chi connectivity index (χ2v) is 7.54. The highest BCUT2D eigenvalue weighted by atomic mass is 16.2. The van der Waals surface area contributed by atoms with Gasteiger partial charge in [-0.05, 0) is 36.8 Å². The average Bonchev–Trinajstić information content (AvgIpc) is 2.92. The zero-order chi connectivity index (χ0) is 18.3. The van der Waals surface area contributed by atoms with Gasteiger partial charge >= 0.3 is 0 Å². The smallest absolute Gasteiger partial charge is 0.255 e. The molecular weight excluding hydrogens is 332 g/mol.